The van der Waals surface area contributed by atoms with Crippen LogP contribution in [0.3, 0.4) is 0 Å². The lowest BCUT2D eigenvalue weighted by molar-refractivity contribution is -0.122. The molecule has 0 bridgehead atoms. The molecule has 0 aromatic heterocycles. The molecule has 2 amide bonds. The number of amides is 2. The highest BCUT2D eigenvalue weighted by molar-refractivity contribution is 6.03. The Labute approximate surface area is 153 Å². The molecule has 1 unspecified atom stereocenters. The molecule has 1 fully saturated rings. The summed E-state index contributed by atoms with van der Waals surface area (Å²) < 4.78 is 13.4. The molecule has 0 radical (unpaired) electrons. The lowest BCUT2D eigenvalue weighted by Gasteiger charge is -2.23. The summed E-state index contributed by atoms with van der Waals surface area (Å²) in [7, 11) is 0. The van der Waals surface area contributed by atoms with E-state index in [9.17, 15) is 14.0 Å². The average molecular weight is 354 g/mol. The van der Waals surface area contributed by atoms with E-state index in [1.54, 1.807) is 12.1 Å². The van der Waals surface area contributed by atoms with Crippen LogP contribution < -0.4 is 10.2 Å². The summed E-state index contributed by atoms with van der Waals surface area (Å²) in [5.74, 6) is -1.21. The highest BCUT2D eigenvalue weighted by Gasteiger charge is 2.35. The number of carbonyl (C=O) groups is 2. The van der Waals surface area contributed by atoms with Crippen LogP contribution in [0.25, 0.3) is 0 Å². The lowest BCUT2D eigenvalue weighted by atomic mass is 9.85. The number of rotatable bonds is 3. The lowest BCUT2D eigenvalue weighted by Crippen LogP contribution is -2.29. The summed E-state index contributed by atoms with van der Waals surface area (Å²) >= 11 is 0. The maximum Gasteiger partial charge on any atom is 0.229 e. The van der Waals surface area contributed by atoms with E-state index in [-0.39, 0.29) is 30.2 Å². The number of halogens is 1. The molecule has 0 spiro atoms. The van der Waals surface area contributed by atoms with Gasteiger partial charge in [0.05, 0.1) is 5.92 Å². The van der Waals surface area contributed by atoms with Gasteiger partial charge in [-0.05, 0) is 35.2 Å². The average Bonchev–Trinajstić information content (AvgIpc) is 2.96. The van der Waals surface area contributed by atoms with Gasteiger partial charge in [0.25, 0.3) is 0 Å². The molecular formula is C21H23FN2O2. The first-order chi connectivity index (χ1) is 12.3. The molecule has 1 aliphatic heterocycles. The first-order valence-corrected chi connectivity index (χ1v) is 8.72. The van der Waals surface area contributed by atoms with E-state index in [1.807, 2.05) is 24.3 Å². The molecule has 0 saturated carbocycles. The van der Waals surface area contributed by atoms with Gasteiger partial charge >= 0.3 is 0 Å². The molecule has 2 aromatic carbocycles. The minimum absolute atomic E-state index is 0.108. The van der Waals surface area contributed by atoms with Gasteiger partial charge in [0, 0.05) is 24.3 Å². The standard InChI is InChI=1S/C21H23FN2O2/c1-21(2,3)17-9-4-5-10-18(17)23-20(26)14-11-19(25)24(13-14)16-8-6-7-15(22)12-16/h4-10,12,14H,11,13H2,1-3H3,(H,23,26). The molecule has 1 atom stereocenters. The minimum Gasteiger partial charge on any atom is -0.326 e. The third-order valence-electron chi connectivity index (χ3n) is 4.61. The summed E-state index contributed by atoms with van der Waals surface area (Å²) in [5, 5.41) is 2.97. The zero-order valence-corrected chi connectivity index (χ0v) is 15.3. The van der Waals surface area contributed by atoms with Crippen molar-refractivity contribution in [3.8, 4) is 0 Å². The monoisotopic (exact) mass is 354 g/mol. The van der Waals surface area contributed by atoms with Gasteiger partial charge in [0.15, 0.2) is 0 Å². The fraction of sp³-hybridized carbons (Fsp3) is 0.333. The smallest absolute Gasteiger partial charge is 0.229 e. The number of para-hydroxylation sites is 1. The summed E-state index contributed by atoms with van der Waals surface area (Å²) in [6, 6.07) is 13.6. The second-order valence-electron chi connectivity index (χ2n) is 7.67. The second-order valence-corrected chi connectivity index (χ2v) is 7.67. The molecule has 4 nitrogen and oxygen atoms in total. The highest BCUT2D eigenvalue weighted by Crippen LogP contribution is 2.31. The Morgan fingerprint density at radius 3 is 2.58 bits per heavy atom. The largest absolute Gasteiger partial charge is 0.326 e. The molecule has 1 saturated heterocycles. The molecule has 136 valence electrons. The second kappa shape index (κ2) is 6.90. The fourth-order valence-electron chi connectivity index (χ4n) is 3.26. The first-order valence-electron chi connectivity index (χ1n) is 8.72. The number of nitrogens with zero attached hydrogens (tertiary/aromatic N) is 1. The van der Waals surface area contributed by atoms with Crippen molar-refractivity contribution in [3.05, 3.63) is 59.9 Å². The number of nitrogens with one attached hydrogen (secondary N) is 1. The van der Waals surface area contributed by atoms with Crippen molar-refractivity contribution in [3.63, 3.8) is 0 Å². The molecule has 1 aliphatic rings. The predicted molar refractivity (Wildman–Crippen MR) is 101 cm³/mol. The van der Waals surface area contributed by atoms with Crippen LogP contribution in [0.4, 0.5) is 15.8 Å². The summed E-state index contributed by atoms with van der Waals surface area (Å²) in [6.07, 6.45) is 0.125. The number of anilines is 2. The van der Waals surface area contributed by atoms with Gasteiger partial charge in [-0.3, -0.25) is 9.59 Å². The van der Waals surface area contributed by atoms with E-state index < -0.39 is 11.7 Å². The first kappa shape index (κ1) is 18.1. The number of benzene rings is 2. The van der Waals surface area contributed by atoms with Gasteiger partial charge < -0.3 is 10.2 Å². The van der Waals surface area contributed by atoms with E-state index in [0.717, 1.165) is 11.3 Å². The Bertz CT molecular complexity index is 842. The number of carbonyl (C=O) groups excluding carboxylic acids is 2. The maximum absolute atomic E-state index is 13.4. The number of hydrogen-bond donors (Lipinski definition) is 1. The maximum atomic E-state index is 13.4. The van der Waals surface area contributed by atoms with E-state index in [1.165, 1.54) is 17.0 Å². The molecule has 1 N–H and O–H groups in total. The van der Waals surface area contributed by atoms with Crippen molar-refractivity contribution >= 4 is 23.2 Å². The van der Waals surface area contributed by atoms with Gasteiger partial charge in [-0.2, -0.15) is 0 Å². The Morgan fingerprint density at radius 1 is 1.15 bits per heavy atom. The van der Waals surface area contributed by atoms with Crippen molar-refractivity contribution in [2.24, 2.45) is 5.92 Å². The molecule has 5 heteroatoms. The van der Waals surface area contributed by atoms with E-state index in [0.29, 0.717) is 5.69 Å². The third-order valence-corrected chi connectivity index (χ3v) is 4.61. The van der Waals surface area contributed by atoms with Gasteiger partial charge in [0.2, 0.25) is 11.8 Å². The normalized spacial score (nSPS) is 17.5. The van der Waals surface area contributed by atoms with Crippen LogP contribution >= 0.6 is 0 Å². The fourth-order valence-corrected chi connectivity index (χ4v) is 3.26. The van der Waals surface area contributed by atoms with Crippen molar-refractivity contribution in [1.29, 1.82) is 0 Å². The Balaban J connectivity index is 1.75. The van der Waals surface area contributed by atoms with Crippen molar-refractivity contribution in [1.82, 2.24) is 0 Å². The molecule has 1 heterocycles. The molecule has 3 rings (SSSR count). The number of hydrogen-bond acceptors (Lipinski definition) is 2. The SMILES string of the molecule is CC(C)(C)c1ccccc1NC(=O)C1CC(=O)N(c2cccc(F)c2)C1. The quantitative estimate of drug-likeness (QED) is 0.902. The van der Waals surface area contributed by atoms with Crippen molar-refractivity contribution < 1.29 is 14.0 Å². The van der Waals surface area contributed by atoms with E-state index in [2.05, 4.69) is 26.1 Å². The van der Waals surface area contributed by atoms with Crippen LogP contribution in [0.1, 0.15) is 32.8 Å². The predicted octanol–water partition coefficient (Wildman–Crippen LogP) is 4.11. The van der Waals surface area contributed by atoms with Crippen LogP contribution in [0.2, 0.25) is 0 Å². The molecular weight excluding hydrogens is 331 g/mol. The minimum atomic E-state index is -0.459. The Morgan fingerprint density at radius 2 is 1.88 bits per heavy atom. The third kappa shape index (κ3) is 3.77. The van der Waals surface area contributed by atoms with E-state index in [4.69, 9.17) is 0 Å². The van der Waals surface area contributed by atoms with Crippen molar-refractivity contribution in [2.75, 3.05) is 16.8 Å². The van der Waals surface area contributed by atoms with E-state index >= 15 is 0 Å². The van der Waals surface area contributed by atoms with Gasteiger partial charge in [-0.1, -0.05) is 45.0 Å². The zero-order valence-electron chi connectivity index (χ0n) is 15.3. The highest BCUT2D eigenvalue weighted by atomic mass is 19.1. The summed E-state index contributed by atoms with van der Waals surface area (Å²) in [6.45, 7) is 6.51. The summed E-state index contributed by atoms with van der Waals surface area (Å²) in [4.78, 5) is 26.5. The van der Waals surface area contributed by atoms with Crippen LogP contribution in [-0.4, -0.2) is 18.4 Å². The Kier molecular flexibility index (Phi) is 4.81. The molecule has 2 aromatic rings. The van der Waals surface area contributed by atoms with Gasteiger partial charge in [0.1, 0.15) is 5.82 Å². The molecule has 26 heavy (non-hydrogen) atoms. The topological polar surface area (TPSA) is 49.4 Å². The van der Waals surface area contributed by atoms with Gasteiger partial charge in [-0.15, -0.1) is 0 Å². The Hall–Kier alpha value is -2.69. The van der Waals surface area contributed by atoms with Crippen molar-refractivity contribution in [2.45, 2.75) is 32.6 Å². The zero-order chi connectivity index (χ0) is 18.9. The van der Waals surface area contributed by atoms with Crippen LogP contribution in [0, 0.1) is 11.7 Å². The van der Waals surface area contributed by atoms with Crippen LogP contribution in [0.15, 0.2) is 48.5 Å². The van der Waals surface area contributed by atoms with Crippen LogP contribution in [0.5, 0.6) is 0 Å². The summed E-state index contributed by atoms with van der Waals surface area (Å²) in [5.41, 5.74) is 2.19. The van der Waals surface area contributed by atoms with Crippen LogP contribution in [-0.2, 0) is 15.0 Å². The van der Waals surface area contributed by atoms with Gasteiger partial charge in [-0.25, -0.2) is 4.39 Å². The molecule has 0 aliphatic carbocycles.